The molecule has 0 bridgehead atoms. The van der Waals surface area contributed by atoms with E-state index in [0.717, 1.165) is 42.3 Å². The number of rotatable bonds is 5. The Morgan fingerprint density at radius 1 is 1.09 bits per heavy atom. The molecule has 0 N–H and O–H groups in total. The largest absolute Gasteiger partial charge is 0.464 e. The van der Waals surface area contributed by atoms with E-state index in [9.17, 15) is 0 Å². The fourth-order valence-electron chi connectivity index (χ4n) is 2.98. The molecule has 1 fully saturated rings. The first-order valence-electron chi connectivity index (χ1n) is 8.39. The number of hydrogen-bond acceptors (Lipinski definition) is 2. The Hall–Kier alpha value is -1.32. The summed E-state index contributed by atoms with van der Waals surface area (Å²) in [7, 11) is 0. The highest BCUT2D eigenvalue weighted by atomic mass is 79.9. The van der Waals surface area contributed by atoms with Crippen LogP contribution in [0.5, 0.6) is 5.75 Å². The second-order valence-electron chi connectivity index (χ2n) is 6.04. The SMILES string of the molecule is CCc1ccc(OC2CCCC(Cc3ccccc3)O2)c(Br)c1. The first-order chi connectivity index (χ1) is 11.2. The molecule has 3 heteroatoms. The summed E-state index contributed by atoms with van der Waals surface area (Å²) >= 11 is 3.60. The monoisotopic (exact) mass is 374 g/mol. The average Bonchev–Trinajstić information content (AvgIpc) is 2.58. The first kappa shape index (κ1) is 16.5. The van der Waals surface area contributed by atoms with Gasteiger partial charge >= 0.3 is 0 Å². The highest BCUT2D eigenvalue weighted by Gasteiger charge is 2.24. The van der Waals surface area contributed by atoms with E-state index in [0.29, 0.717) is 0 Å². The van der Waals surface area contributed by atoms with E-state index >= 15 is 0 Å². The number of halogens is 1. The Morgan fingerprint density at radius 3 is 2.65 bits per heavy atom. The number of hydrogen-bond donors (Lipinski definition) is 0. The molecule has 2 aromatic rings. The van der Waals surface area contributed by atoms with E-state index < -0.39 is 0 Å². The van der Waals surface area contributed by atoms with Crippen LogP contribution in [-0.4, -0.2) is 12.4 Å². The van der Waals surface area contributed by atoms with Crippen molar-refractivity contribution < 1.29 is 9.47 Å². The van der Waals surface area contributed by atoms with Gasteiger partial charge in [-0.15, -0.1) is 0 Å². The minimum Gasteiger partial charge on any atom is -0.464 e. The third kappa shape index (κ3) is 4.58. The van der Waals surface area contributed by atoms with Crippen LogP contribution in [0.3, 0.4) is 0 Å². The summed E-state index contributed by atoms with van der Waals surface area (Å²) in [5, 5.41) is 0. The zero-order valence-corrected chi connectivity index (χ0v) is 15.1. The van der Waals surface area contributed by atoms with Crippen LogP contribution in [0.15, 0.2) is 53.0 Å². The summed E-state index contributed by atoms with van der Waals surface area (Å²) in [6, 6.07) is 16.8. The van der Waals surface area contributed by atoms with Crippen molar-refractivity contribution in [2.75, 3.05) is 0 Å². The van der Waals surface area contributed by atoms with Crippen molar-refractivity contribution in [3.05, 3.63) is 64.1 Å². The molecule has 1 saturated heterocycles. The van der Waals surface area contributed by atoms with Gasteiger partial charge in [0.25, 0.3) is 0 Å². The number of benzene rings is 2. The smallest absolute Gasteiger partial charge is 0.200 e. The fraction of sp³-hybridized carbons (Fsp3) is 0.400. The third-order valence-corrected chi connectivity index (χ3v) is 4.90. The minimum absolute atomic E-state index is 0.152. The molecule has 2 aromatic carbocycles. The molecular weight excluding hydrogens is 352 g/mol. The van der Waals surface area contributed by atoms with Gasteiger partial charge in [0.2, 0.25) is 0 Å². The lowest BCUT2D eigenvalue weighted by molar-refractivity contribution is -0.146. The Labute approximate surface area is 146 Å². The highest BCUT2D eigenvalue weighted by molar-refractivity contribution is 9.10. The Balaban J connectivity index is 1.60. The summed E-state index contributed by atoms with van der Waals surface area (Å²) in [5.41, 5.74) is 2.63. The number of ether oxygens (including phenoxy) is 2. The zero-order chi connectivity index (χ0) is 16.1. The predicted molar refractivity (Wildman–Crippen MR) is 96.8 cm³/mol. The maximum atomic E-state index is 6.16. The quantitative estimate of drug-likeness (QED) is 0.684. The topological polar surface area (TPSA) is 18.5 Å². The van der Waals surface area contributed by atoms with Gasteiger partial charge in [0, 0.05) is 6.42 Å². The van der Waals surface area contributed by atoms with Crippen LogP contribution in [0.1, 0.15) is 37.3 Å². The number of aryl methyl sites for hydroxylation is 1. The van der Waals surface area contributed by atoms with Crippen LogP contribution in [0, 0.1) is 0 Å². The lowest BCUT2D eigenvalue weighted by Gasteiger charge is -2.30. The molecule has 0 radical (unpaired) electrons. The van der Waals surface area contributed by atoms with Crippen molar-refractivity contribution in [2.45, 2.75) is 51.4 Å². The van der Waals surface area contributed by atoms with Gasteiger partial charge in [-0.05, 0) is 64.9 Å². The van der Waals surface area contributed by atoms with E-state index in [1.165, 1.54) is 11.1 Å². The van der Waals surface area contributed by atoms with Gasteiger partial charge in [0.05, 0.1) is 10.6 Å². The lowest BCUT2D eigenvalue weighted by atomic mass is 10.0. The molecule has 1 aliphatic heterocycles. The van der Waals surface area contributed by atoms with Crippen molar-refractivity contribution in [3.8, 4) is 5.75 Å². The molecule has 23 heavy (non-hydrogen) atoms. The normalized spacial score (nSPS) is 21.1. The summed E-state index contributed by atoms with van der Waals surface area (Å²) < 4.78 is 13.3. The van der Waals surface area contributed by atoms with Gasteiger partial charge < -0.3 is 9.47 Å². The van der Waals surface area contributed by atoms with Crippen molar-refractivity contribution in [2.24, 2.45) is 0 Å². The summed E-state index contributed by atoms with van der Waals surface area (Å²) in [5.74, 6) is 0.868. The van der Waals surface area contributed by atoms with Gasteiger partial charge in [0.1, 0.15) is 5.75 Å². The summed E-state index contributed by atoms with van der Waals surface area (Å²) in [4.78, 5) is 0. The molecule has 0 aliphatic carbocycles. The van der Waals surface area contributed by atoms with E-state index in [2.05, 4.69) is 65.3 Å². The summed E-state index contributed by atoms with van der Waals surface area (Å²) in [6.07, 6.45) is 5.27. The minimum atomic E-state index is -0.152. The maximum absolute atomic E-state index is 6.16. The van der Waals surface area contributed by atoms with Gasteiger partial charge in [-0.1, -0.05) is 43.3 Å². The van der Waals surface area contributed by atoms with E-state index in [4.69, 9.17) is 9.47 Å². The molecule has 122 valence electrons. The van der Waals surface area contributed by atoms with Crippen LogP contribution in [-0.2, 0) is 17.6 Å². The molecule has 1 heterocycles. The molecule has 1 aliphatic rings. The molecule has 2 unspecified atom stereocenters. The van der Waals surface area contributed by atoms with Crippen LogP contribution in [0.4, 0.5) is 0 Å². The molecule has 2 nitrogen and oxygen atoms in total. The maximum Gasteiger partial charge on any atom is 0.200 e. The third-order valence-electron chi connectivity index (χ3n) is 4.28. The van der Waals surface area contributed by atoms with Crippen molar-refractivity contribution in [1.82, 2.24) is 0 Å². The molecule has 3 rings (SSSR count). The second kappa shape index (κ2) is 7.98. The molecule has 0 amide bonds. The molecule has 2 atom stereocenters. The predicted octanol–water partition coefficient (Wildman–Crippen LogP) is 5.53. The average molecular weight is 375 g/mol. The van der Waals surface area contributed by atoms with Crippen LogP contribution < -0.4 is 4.74 Å². The van der Waals surface area contributed by atoms with Crippen LogP contribution in [0.2, 0.25) is 0 Å². The van der Waals surface area contributed by atoms with Crippen molar-refractivity contribution >= 4 is 15.9 Å². The van der Waals surface area contributed by atoms with Crippen LogP contribution in [0.25, 0.3) is 0 Å². The second-order valence-corrected chi connectivity index (χ2v) is 6.90. The zero-order valence-electron chi connectivity index (χ0n) is 13.5. The first-order valence-corrected chi connectivity index (χ1v) is 9.18. The van der Waals surface area contributed by atoms with Gasteiger partial charge in [0.15, 0.2) is 6.29 Å². The summed E-state index contributed by atoms with van der Waals surface area (Å²) in [6.45, 7) is 2.15. The standard InChI is InChI=1S/C20H23BrO2/c1-2-15-11-12-19(18(21)14-15)23-20-10-6-9-17(22-20)13-16-7-4-3-5-8-16/h3-5,7-8,11-12,14,17,20H,2,6,9-10,13H2,1H3. The van der Waals surface area contributed by atoms with Crippen molar-refractivity contribution in [3.63, 3.8) is 0 Å². The molecule has 0 saturated carbocycles. The Kier molecular flexibility index (Phi) is 5.74. The molecule has 0 spiro atoms. The van der Waals surface area contributed by atoms with Crippen LogP contribution >= 0.6 is 15.9 Å². The van der Waals surface area contributed by atoms with E-state index in [1.807, 2.05) is 6.07 Å². The lowest BCUT2D eigenvalue weighted by Crippen LogP contribution is -2.33. The van der Waals surface area contributed by atoms with E-state index in [1.54, 1.807) is 0 Å². The van der Waals surface area contributed by atoms with Gasteiger partial charge in [-0.2, -0.15) is 0 Å². The van der Waals surface area contributed by atoms with Crippen molar-refractivity contribution in [1.29, 1.82) is 0 Å². The van der Waals surface area contributed by atoms with Gasteiger partial charge in [-0.25, -0.2) is 0 Å². The van der Waals surface area contributed by atoms with Gasteiger partial charge in [-0.3, -0.25) is 0 Å². The Bertz CT molecular complexity index is 627. The van der Waals surface area contributed by atoms with E-state index in [-0.39, 0.29) is 12.4 Å². The highest BCUT2D eigenvalue weighted by Crippen LogP contribution is 2.30. The molecule has 0 aromatic heterocycles. The molecular formula is C20H23BrO2. The fourth-order valence-corrected chi connectivity index (χ4v) is 3.50. The Morgan fingerprint density at radius 2 is 1.91 bits per heavy atom.